The summed E-state index contributed by atoms with van der Waals surface area (Å²) in [4.78, 5) is 0. The van der Waals surface area contributed by atoms with Gasteiger partial charge in [-0.3, -0.25) is 0 Å². The number of nitrogen functional groups attached to an aromatic ring is 2. The summed E-state index contributed by atoms with van der Waals surface area (Å²) in [5.74, 6) is 0. The van der Waals surface area contributed by atoms with Gasteiger partial charge in [-0.25, -0.2) is 0 Å². The zero-order valence-electron chi connectivity index (χ0n) is 18.3. The van der Waals surface area contributed by atoms with Crippen LogP contribution >= 0.6 is 31.9 Å². The quantitative estimate of drug-likeness (QED) is 0.324. The van der Waals surface area contributed by atoms with E-state index in [-0.39, 0.29) is 29.8 Å². The van der Waals surface area contributed by atoms with E-state index in [1.54, 1.807) is 0 Å². The van der Waals surface area contributed by atoms with Gasteiger partial charge < -0.3 is 30.4 Å². The number of hydrogen-bond acceptors (Lipinski definition) is 6. The fraction of sp³-hybridized carbons (Fsp3) is 0.520. The molecule has 0 radical (unpaired) electrons. The molecule has 0 spiro atoms. The van der Waals surface area contributed by atoms with Gasteiger partial charge in [-0.1, -0.05) is 6.07 Å². The van der Waals surface area contributed by atoms with Gasteiger partial charge in [-0.2, -0.15) is 0 Å². The Bertz CT molecular complexity index is 1060. The van der Waals surface area contributed by atoms with Crippen LogP contribution in [0.15, 0.2) is 33.2 Å². The molecule has 4 unspecified atom stereocenters. The Morgan fingerprint density at radius 2 is 1.30 bits per heavy atom. The number of nitrogens with two attached hydrogens (primary N) is 2. The first-order valence-corrected chi connectivity index (χ1v) is 13.1. The lowest BCUT2D eigenvalue weighted by Gasteiger charge is -2.38. The molecule has 4 N–H and O–H groups in total. The van der Waals surface area contributed by atoms with Gasteiger partial charge in [-0.05, 0) is 85.2 Å². The summed E-state index contributed by atoms with van der Waals surface area (Å²) in [5.41, 5.74) is 19.1. The maximum absolute atomic E-state index is 6.66. The van der Waals surface area contributed by atoms with Gasteiger partial charge in [0.25, 0.3) is 0 Å². The number of halogens is 2. The Kier molecular flexibility index (Phi) is 5.75. The topological polar surface area (TPSA) is 102 Å². The van der Waals surface area contributed by atoms with Crippen LogP contribution in [0.2, 0.25) is 0 Å². The van der Waals surface area contributed by atoms with Gasteiger partial charge >= 0.3 is 0 Å². The normalized spacial score (nSPS) is 28.9. The first-order valence-electron chi connectivity index (χ1n) is 11.5. The SMILES string of the molecule is Nc1ccc(C(CC2CO2)(CC2CO2)c2cc(Br)c(N)c(CC3CO3)c2CC2CO2)cc1Br. The van der Waals surface area contributed by atoms with Crippen molar-refractivity contribution in [3.8, 4) is 0 Å². The van der Waals surface area contributed by atoms with E-state index in [4.69, 9.17) is 30.4 Å². The van der Waals surface area contributed by atoms with Crippen LogP contribution < -0.4 is 11.5 Å². The fourth-order valence-corrected chi connectivity index (χ4v) is 6.00. The van der Waals surface area contributed by atoms with Gasteiger partial charge in [0, 0.05) is 38.6 Å². The van der Waals surface area contributed by atoms with Crippen LogP contribution in [-0.2, 0) is 37.2 Å². The molecule has 8 heteroatoms. The third-order valence-corrected chi connectivity index (χ3v) is 8.58. The number of rotatable bonds is 10. The number of anilines is 2. The molecule has 176 valence electrons. The second kappa shape index (κ2) is 8.50. The van der Waals surface area contributed by atoms with Crippen molar-refractivity contribution >= 4 is 43.2 Å². The van der Waals surface area contributed by atoms with Crippen LogP contribution in [0.5, 0.6) is 0 Å². The van der Waals surface area contributed by atoms with Crippen LogP contribution in [0, 0.1) is 0 Å². The predicted octanol–water partition coefficient (Wildman–Crippen LogP) is 4.12. The van der Waals surface area contributed by atoms with E-state index in [1.807, 2.05) is 6.07 Å². The molecule has 4 aliphatic rings. The summed E-state index contributed by atoms with van der Waals surface area (Å²) in [7, 11) is 0. The number of ether oxygens (including phenoxy) is 4. The minimum Gasteiger partial charge on any atom is -0.398 e. The van der Waals surface area contributed by atoms with Crippen LogP contribution in [-0.4, -0.2) is 50.8 Å². The Morgan fingerprint density at radius 1 is 0.758 bits per heavy atom. The zero-order chi connectivity index (χ0) is 22.7. The summed E-state index contributed by atoms with van der Waals surface area (Å²) in [6, 6.07) is 8.56. The molecule has 0 aromatic heterocycles. The summed E-state index contributed by atoms with van der Waals surface area (Å²) >= 11 is 7.46. The fourth-order valence-electron chi connectivity index (χ4n) is 5.15. The second-order valence-electron chi connectivity index (χ2n) is 9.73. The van der Waals surface area contributed by atoms with Crippen LogP contribution in [0.1, 0.15) is 35.1 Å². The molecule has 2 aromatic rings. The van der Waals surface area contributed by atoms with Crippen LogP contribution in [0.25, 0.3) is 0 Å². The molecule has 0 aliphatic carbocycles. The molecular formula is C25H28Br2N2O4. The maximum Gasteiger partial charge on any atom is 0.0851 e. The molecule has 0 amide bonds. The summed E-state index contributed by atoms with van der Waals surface area (Å²) in [5, 5.41) is 0. The average Bonchev–Trinajstić information content (AvgIpc) is 3.61. The molecule has 0 saturated carbocycles. The van der Waals surface area contributed by atoms with E-state index in [0.29, 0.717) is 0 Å². The minimum absolute atomic E-state index is 0.233. The van der Waals surface area contributed by atoms with Crippen LogP contribution in [0.4, 0.5) is 11.4 Å². The standard InChI is InChI=1S/C25H28Br2N2O4/c26-21-3-13(1-2-23(21)28)25(7-16-11-32-16,8-17-12-33-17)20-6-22(27)24(29)19(5-15-10-31-15)18(20)4-14-9-30-14/h1-3,6,14-17H,4-5,7-12,28-29H2. The molecule has 2 aromatic carbocycles. The summed E-state index contributed by atoms with van der Waals surface area (Å²) in [6.45, 7) is 3.18. The molecule has 4 atom stereocenters. The van der Waals surface area contributed by atoms with Crippen molar-refractivity contribution in [1.29, 1.82) is 0 Å². The molecule has 4 heterocycles. The van der Waals surface area contributed by atoms with Crippen molar-refractivity contribution in [3.05, 3.63) is 55.5 Å². The highest BCUT2D eigenvalue weighted by atomic mass is 79.9. The molecular weight excluding hydrogens is 552 g/mol. The minimum atomic E-state index is -0.293. The van der Waals surface area contributed by atoms with E-state index in [2.05, 4.69) is 50.1 Å². The van der Waals surface area contributed by atoms with Gasteiger partial charge in [0.2, 0.25) is 0 Å². The Balaban J connectivity index is 1.57. The van der Waals surface area contributed by atoms with Crippen molar-refractivity contribution in [2.75, 3.05) is 37.9 Å². The highest BCUT2D eigenvalue weighted by Gasteiger charge is 2.47. The van der Waals surface area contributed by atoms with Gasteiger partial charge in [0.15, 0.2) is 0 Å². The van der Waals surface area contributed by atoms with Crippen molar-refractivity contribution < 1.29 is 18.9 Å². The molecule has 6 rings (SSSR count). The van der Waals surface area contributed by atoms with E-state index in [9.17, 15) is 0 Å². The third kappa shape index (κ3) is 4.70. The maximum atomic E-state index is 6.66. The van der Waals surface area contributed by atoms with Gasteiger partial charge in [0.1, 0.15) is 0 Å². The van der Waals surface area contributed by atoms with Gasteiger partial charge in [0.05, 0.1) is 50.8 Å². The lowest BCUT2D eigenvalue weighted by Crippen LogP contribution is -2.34. The lowest BCUT2D eigenvalue weighted by molar-refractivity contribution is 0.298. The van der Waals surface area contributed by atoms with E-state index < -0.39 is 0 Å². The summed E-state index contributed by atoms with van der Waals surface area (Å²) in [6.07, 6.45) is 4.40. The third-order valence-electron chi connectivity index (χ3n) is 7.24. The summed E-state index contributed by atoms with van der Waals surface area (Å²) < 4.78 is 24.7. The Labute approximate surface area is 210 Å². The smallest absolute Gasteiger partial charge is 0.0851 e. The van der Waals surface area contributed by atoms with Crippen LogP contribution in [0.3, 0.4) is 0 Å². The number of epoxide rings is 4. The van der Waals surface area contributed by atoms with Crippen molar-refractivity contribution in [1.82, 2.24) is 0 Å². The first-order chi connectivity index (χ1) is 15.9. The average molecular weight is 580 g/mol. The first kappa shape index (κ1) is 22.3. The van der Waals surface area contributed by atoms with E-state index in [0.717, 1.165) is 72.4 Å². The molecule has 4 saturated heterocycles. The largest absolute Gasteiger partial charge is 0.398 e. The van der Waals surface area contributed by atoms with Crippen molar-refractivity contribution in [3.63, 3.8) is 0 Å². The van der Waals surface area contributed by atoms with Crippen molar-refractivity contribution in [2.24, 2.45) is 0 Å². The van der Waals surface area contributed by atoms with Gasteiger partial charge in [-0.15, -0.1) is 0 Å². The zero-order valence-corrected chi connectivity index (χ0v) is 21.5. The van der Waals surface area contributed by atoms with Crippen molar-refractivity contribution in [2.45, 2.75) is 55.5 Å². The lowest BCUT2D eigenvalue weighted by atomic mass is 9.65. The molecule has 4 aliphatic heterocycles. The number of benzene rings is 2. The second-order valence-corrected chi connectivity index (χ2v) is 11.4. The Hall–Kier alpha value is -1.16. The van der Waals surface area contributed by atoms with E-state index >= 15 is 0 Å². The van der Waals surface area contributed by atoms with E-state index in [1.165, 1.54) is 22.3 Å². The monoisotopic (exact) mass is 578 g/mol. The molecule has 0 bridgehead atoms. The Morgan fingerprint density at radius 3 is 1.82 bits per heavy atom. The highest BCUT2D eigenvalue weighted by molar-refractivity contribution is 9.11. The molecule has 4 fully saturated rings. The predicted molar refractivity (Wildman–Crippen MR) is 133 cm³/mol. The highest BCUT2D eigenvalue weighted by Crippen LogP contribution is 2.50. The number of hydrogen-bond donors (Lipinski definition) is 2. The molecule has 6 nitrogen and oxygen atoms in total. The molecule has 33 heavy (non-hydrogen) atoms.